The van der Waals surface area contributed by atoms with E-state index in [0.717, 1.165) is 17.4 Å². The molecule has 0 aromatic heterocycles. The molecule has 2 aliphatic heterocycles. The minimum absolute atomic E-state index is 0. The molecule has 8 nitrogen and oxygen atoms in total. The van der Waals surface area contributed by atoms with Gasteiger partial charge in [-0.25, -0.2) is 6.29 Å². The minimum atomic E-state index is -0.972. The van der Waals surface area contributed by atoms with Crippen LogP contribution in [0.5, 0.6) is 0 Å². The molecule has 1 saturated carbocycles. The second kappa shape index (κ2) is 15.9. The molecule has 3 N–H and O–H groups in total. The van der Waals surface area contributed by atoms with E-state index in [1.807, 2.05) is 0 Å². The maximum Gasteiger partial charge on any atom is 1.00 e. The molecule has 5 rings (SSSR count). The number of carbonyl (C=O) groups is 2. The largest absolute Gasteiger partial charge is 1.00 e. The Morgan fingerprint density at radius 3 is 1.97 bits per heavy atom. The molecule has 0 spiro atoms. The van der Waals surface area contributed by atoms with Crippen LogP contribution in [0.15, 0.2) is 36.4 Å². The number of benzene rings is 2. The Morgan fingerprint density at radius 2 is 1.46 bits per heavy atom. The number of carbonyl (C=O) groups excluding carboxylic acids is 3. The van der Waals surface area contributed by atoms with Crippen LogP contribution in [0.1, 0.15) is 71.8 Å². The van der Waals surface area contributed by atoms with E-state index in [-0.39, 0.29) is 65.3 Å². The van der Waals surface area contributed by atoms with Gasteiger partial charge in [-0.3, -0.25) is 9.59 Å². The van der Waals surface area contributed by atoms with Gasteiger partial charge < -0.3 is 29.5 Å². The average Bonchev–Trinajstić information content (AvgIpc) is 3.46. The summed E-state index contributed by atoms with van der Waals surface area (Å²) in [5, 5.41) is 21.1. The van der Waals surface area contributed by atoms with Crippen molar-refractivity contribution in [2.24, 2.45) is 0 Å². The first-order chi connectivity index (χ1) is 16.5. The smallest absolute Gasteiger partial charge is 0.540 e. The second-order valence-electron chi connectivity index (χ2n) is 8.26. The molecule has 2 aromatic rings. The summed E-state index contributed by atoms with van der Waals surface area (Å²) in [6.07, 6.45) is 11.3. The van der Waals surface area contributed by atoms with Crippen molar-refractivity contribution in [2.45, 2.75) is 51.7 Å². The third kappa shape index (κ3) is 9.03. The molecule has 1 amide bonds. The van der Waals surface area contributed by atoms with Gasteiger partial charge in [-0.2, -0.15) is 0 Å². The van der Waals surface area contributed by atoms with E-state index in [1.165, 1.54) is 38.5 Å². The Kier molecular flexibility index (Phi) is 13.6. The van der Waals surface area contributed by atoms with E-state index in [0.29, 0.717) is 35.3 Å². The maximum absolute atomic E-state index is 11.5. The second-order valence-corrected chi connectivity index (χ2v) is 8.26. The fourth-order valence-corrected chi connectivity index (χ4v) is 3.94. The molecule has 0 saturated heterocycles. The molecular formula is C24H30B2KNO7. The van der Waals surface area contributed by atoms with Crippen molar-refractivity contribution in [1.82, 2.24) is 5.32 Å². The molecular weight excluding hydrogens is 475 g/mol. The van der Waals surface area contributed by atoms with Gasteiger partial charge in [0.1, 0.15) is 6.29 Å². The van der Waals surface area contributed by atoms with E-state index >= 15 is 0 Å². The third-order valence-electron chi connectivity index (χ3n) is 5.86. The maximum atomic E-state index is 11.5. The van der Waals surface area contributed by atoms with Crippen LogP contribution in [0, 0.1) is 0 Å². The molecule has 180 valence electrons. The van der Waals surface area contributed by atoms with Crippen molar-refractivity contribution in [3.8, 4) is 0 Å². The molecule has 0 unspecified atom stereocenters. The molecule has 35 heavy (non-hydrogen) atoms. The van der Waals surface area contributed by atoms with Crippen LogP contribution < -0.4 is 67.6 Å². The van der Waals surface area contributed by atoms with Crippen LogP contribution in [0.3, 0.4) is 0 Å². The van der Waals surface area contributed by atoms with Crippen LogP contribution in [0.4, 0.5) is 0 Å². The van der Waals surface area contributed by atoms with E-state index in [9.17, 15) is 24.4 Å². The van der Waals surface area contributed by atoms with Gasteiger partial charge in [0.2, 0.25) is 5.91 Å². The Bertz CT molecular complexity index is 999. The molecule has 0 atom stereocenters. The number of hydrogen-bond donors (Lipinski definition) is 3. The van der Waals surface area contributed by atoms with Crippen molar-refractivity contribution in [2.75, 3.05) is 6.54 Å². The first-order valence-electron chi connectivity index (χ1n) is 11.5. The summed E-state index contributed by atoms with van der Waals surface area (Å²) < 4.78 is 9.96. The van der Waals surface area contributed by atoms with E-state index in [2.05, 4.69) is 5.32 Å². The van der Waals surface area contributed by atoms with Crippen LogP contribution >= 0.6 is 0 Å². The number of aldehydes is 1. The van der Waals surface area contributed by atoms with Crippen LogP contribution in [-0.2, 0) is 27.3 Å². The van der Waals surface area contributed by atoms with Gasteiger partial charge in [0.05, 0.1) is 13.2 Å². The van der Waals surface area contributed by atoms with Gasteiger partial charge in [0, 0.05) is 12.6 Å². The third-order valence-corrected chi connectivity index (χ3v) is 5.86. The van der Waals surface area contributed by atoms with Crippen LogP contribution in [0.2, 0.25) is 0 Å². The molecule has 0 radical (unpaired) electrons. The van der Waals surface area contributed by atoms with Crippen LogP contribution in [-0.4, -0.2) is 49.3 Å². The van der Waals surface area contributed by atoms with Gasteiger partial charge in [0.25, 0.3) is 0 Å². The van der Waals surface area contributed by atoms with Crippen molar-refractivity contribution in [3.05, 3.63) is 58.7 Å². The Balaban J connectivity index is 0.000000286. The normalized spacial score (nSPS) is 15.3. The predicted molar refractivity (Wildman–Crippen MR) is 131 cm³/mol. The zero-order valence-corrected chi connectivity index (χ0v) is 23.1. The van der Waals surface area contributed by atoms with Crippen molar-refractivity contribution >= 4 is 43.6 Å². The fourth-order valence-electron chi connectivity index (χ4n) is 3.94. The summed E-state index contributed by atoms with van der Waals surface area (Å²) in [7, 11) is -1.83. The Labute approximate surface area is 250 Å². The fraction of sp³-hybridized carbons (Fsp3) is 0.375. The molecule has 11 heteroatoms. The molecule has 1 aliphatic carbocycles. The van der Waals surface area contributed by atoms with E-state index in [1.54, 1.807) is 42.7 Å². The van der Waals surface area contributed by atoms with E-state index < -0.39 is 14.2 Å². The first kappa shape index (κ1) is 30.1. The summed E-state index contributed by atoms with van der Waals surface area (Å²) >= 11 is 0. The number of amides is 1. The first-order valence-corrected chi connectivity index (χ1v) is 11.5. The van der Waals surface area contributed by atoms with Crippen molar-refractivity contribution < 1.29 is 86.6 Å². The summed E-state index contributed by atoms with van der Waals surface area (Å²) in [6, 6.07) is 10.1. The monoisotopic (exact) mass is 505 g/mol. The zero-order chi connectivity index (χ0) is 24.3. The van der Waals surface area contributed by atoms with Crippen molar-refractivity contribution in [3.63, 3.8) is 0 Å². The summed E-state index contributed by atoms with van der Waals surface area (Å²) in [5.74, 6) is -0.370. The van der Waals surface area contributed by atoms with Crippen molar-refractivity contribution in [1.29, 1.82) is 0 Å². The Hall–Kier alpha value is -1.14. The number of hydrogen-bond acceptors (Lipinski definition) is 7. The summed E-state index contributed by atoms with van der Waals surface area (Å²) in [6.45, 7) is 0.630. The molecule has 3 aliphatic rings. The Morgan fingerprint density at radius 1 is 0.943 bits per heavy atom. The summed E-state index contributed by atoms with van der Waals surface area (Å²) in [4.78, 5) is 31.9. The predicted octanol–water partition coefficient (Wildman–Crippen LogP) is -1.95. The van der Waals surface area contributed by atoms with Gasteiger partial charge in [-0.15, -0.1) is 0 Å². The minimum Gasteiger partial charge on any atom is -0.540 e. The van der Waals surface area contributed by atoms with E-state index in [4.69, 9.17) is 9.31 Å². The molecule has 2 heterocycles. The number of rotatable bonds is 4. The quantitative estimate of drug-likeness (QED) is 0.251. The molecule has 1 fully saturated rings. The van der Waals surface area contributed by atoms with Gasteiger partial charge in [-0.1, -0.05) is 69.3 Å². The standard InChI is InChI=1S/C10H9BNO4.C8H7BO3.C6H12.K.H2/c13-4-3-12-10(14)7-1-2-8-6-16-11(15)9(8)5-7;10-4-6-1-2-7-5-12-9(11)8(7)3-6;1-2-4-6-5-3-1;;/h1-2,5,15H,3,6H2,(H,12,14);1-4,11H,5H2;1-6H2;;1H/q-1;;;+1;. The van der Waals surface area contributed by atoms with Gasteiger partial charge >= 0.3 is 65.6 Å². The SMILES string of the molecule is C1CCCCC1.O=Cc1ccc2c(c1)B(O)OC2.O=[C-]CNC(=O)c1ccc2c(c1)B(O)OC2.[HH].[K+]. The molecule has 2 aromatic carbocycles. The van der Waals surface area contributed by atoms with Gasteiger partial charge in [-0.05, 0) is 34.2 Å². The number of fused-ring (bicyclic) bond motifs is 2. The summed E-state index contributed by atoms with van der Waals surface area (Å²) in [5.41, 5.74) is 4.08. The molecule has 0 bridgehead atoms. The number of nitrogens with one attached hydrogen (secondary N) is 1. The van der Waals surface area contributed by atoms with Gasteiger partial charge in [0.15, 0.2) is 0 Å². The average molecular weight is 505 g/mol. The van der Waals surface area contributed by atoms with Crippen LogP contribution in [0.25, 0.3) is 0 Å². The zero-order valence-electron chi connectivity index (χ0n) is 20.0. The topological polar surface area (TPSA) is 122 Å².